The molecule has 2 aliphatic rings. The number of carbonyl (C=O) groups is 1. The first-order valence-electron chi connectivity index (χ1n) is 9.10. The summed E-state index contributed by atoms with van der Waals surface area (Å²) in [5.74, 6) is 0.206. The Labute approximate surface area is 154 Å². The SMILES string of the molecule is COC(C)CCC1Cc2ccc(C#N)cc2C12N=C(N)N(C(C)C)C2=O. The molecular formula is C20H26N4O2. The number of benzene rings is 1. The second-order valence-corrected chi connectivity index (χ2v) is 7.51. The minimum atomic E-state index is -1.01. The van der Waals surface area contributed by atoms with Crippen molar-refractivity contribution in [2.45, 2.75) is 57.7 Å². The van der Waals surface area contributed by atoms with E-state index in [2.05, 4.69) is 6.07 Å². The summed E-state index contributed by atoms with van der Waals surface area (Å²) in [6.07, 6.45) is 2.52. The third-order valence-corrected chi connectivity index (χ3v) is 5.63. The van der Waals surface area contributed by atoms with Gasteiger partial charge >= 0.3 is 0 Å². The van der Waals surface area contributed by atoms with Gasteiger partial charge in [-0.2, -0.15) is 5.26 Å². The Morgan fingerprint density at radius 2 is 2.19 bits per heavy atom. The van der Waals surface area contributed by atoms with Gasteiger partial charge < -0.3 is 10.5 Å². The van der Waals surface area contributed by atoms with Crippen LogP contribution in [0.1, 0.15) is 50.3 Å². The number of rotatable bonds is 5. The molecule has 0 aromatic heterocycles. The van der Waals surface area contributed by atoms with Crippen molar-refractivity contribution in [3.05, 3.63) is 34.9 Å². The van der Waals surface area contributed by atoms with Crippen LogP contribution >= 0.6 is 0 Å². The van der Waals surface area contributed by atoms with Crippen LogP contribution in [0.5, 0.6) is 0 Å². The maximum Gasteiger partial charge on any atom is 0.262 e. The van der Waals surface area contributed by atoms with Crippen LogP contribution in [0, 0.1) is 17.2 Å². The summed E-state index contributed by atoms with van der Waals surface area (Å²) in [7, 11) is 1.69. The zero-order valence-corrected chi connectivity index (χ0v) is 15.8. The Bertz CT molecular complexity index is 795. The van der Waals surface area contributed by atoms with E-state index in [-0.39, 0.29) is 29.9 Å². The Morgan fingerprint density at radius 3 is 2.77 bits per heavy atom. The van der Waals surface area contributed by atoms with Crippen molar-refractivity contribution in [2.24, 2.45) is 16.6 Å². The Kier molecular flexibility index (Phi) is 4.76. The summed E-state index contributed by atoms with van der Waals surface area (Å²) in [6.45, 7) is 5.89. The smallest absolute Gasteiger partial charge is 0.262 e. The van der Waals surface area contributed by atoms with Crippen molar-refractivity contribution >= 4 is 11.9 Å². The van der Waals surface area contributed by atoms with E-state index in [4.69, 9.17) is 15.5 Å². The van der Waals surface area contributed by atoms with Crippen LogP contribution in [0.15, 0.2) is 23.2 Å². The Hall–Kier alpha value is -2.39. The van der Waals surface area contributed by atoms with Gasteiger partial charge in [-0.1, -0.05) is 6.07 Å². The lowest BCUT2D eigenvalue weighted by molar-refractivity contribution is -0.134. The second-order valence-electron chi connectivity index (χ2n) is 7.51. The van der Waals surface area contributed by atoms with Crippen LogP contribution in [0.2, 0.25) is 0 Å². The predicted molar refractivity (Wildman–Crippen MR) is 99.3 cm³/mol. The van der Waals surface area contributed by atoms with Gasteiger partial charge in [-0.15, -0.1) is 0 Å². The molecule has 3 rings (SSSR count). The molecule has 138 valence electrons. The number of hydrogen-bond acceptors (Lipinski definition) is 5. The van der Waals surface area contributed by atoms with Gasteiger partial charge in [0.25, 0.3) is 5.91 Å². The quantitative estimate of drug-likeness (QED) is 0.878. The summed E-state index contributed by atoms with van der Waals surface area (Å²) in [6, 6.07) is 7.68. The number of hydrogen-bond donors (Lipinski definition) is 1. The summed E-state index contributed by atoms with van der Waals surface area (Å²) in [5, 5.41) is 9.31. The first-order chi connectivity index (χ1) is 12.3. The largest absolute Gasteiger partial charge is 0.382 e. The fourth-order valence-electron chi connectivity index (χ4n) is 4.19. The first kappa shape index (κ1) is 18.4. The van der Waals surface area contributed by atoms with Crippen molar-refractivity contribution < 1.29 is 9.53 Å². The second kappa shape index (κ2) is 6.73. The van der Waals surface area contributed by atoms with E-state index in [1.165, 1.54) is 0 Å². The number of fused-ring (bicyclic) bond motifs is 2. The van der Waals surface area contributed by atoms with Gasteiger partial charge in [0.05, 0.1) is 17.7 Å². The van der Waals surface area contributed by atoms with Gasteiger partial charge in [-0.3, -0.25) is 9.69 Å². The van der Waals surface area contributed by atoms with Crippen molar-refractivity contribution in [3.8, 4) is 6.07 Å². The fourth-order valence-corrected chi connectivity index (χ4v) is 4.19. The normalized spacial score (nSPS) is 25.5. The lowest BCUT2D eigenvalue weighted by Gasteiger charge is -2.30. The summed E-state index contributed by atoms with van der Waals surface area (Å²) < 4.78 is 5.38. The molecule has 1 aliphatic carbocycles. The van der Waals surface area contributed by atoms with Crippen LogP contribution in [0.4, 0.5) is 0 Å². The number of aliphatic imine (C=N–C) groups is 1. The van der Waals surface area contributed by atoms with Crippen LogP contribution in [0.3, 0.4) is 0 Å². The van der Waals surface area contributed by atoms with Crippen molar-refractivity contribution in [3.63, 3.8) is 0 Å². The maximum absolute atomic E-state index is 13.5. The van der Waals surface area contributed by atoms with E-state index in [9.17, 15) is 10.1 Å². The molecule has 0 fully saturated rings. The predicted octanol–water partition coefficient (Wildman–Crippen LogP) is 2.31. The molecule has 6 heteroatoms. The fraction of sp³-hybridized carbons (Fsp3) is 0.550. The number of carbonyl (C=O) groups excluding carboxylic acids is 1. The van der Waals surface area contributed by atoms with Gasteiger partial charge in [0, 0.05) is 19.1 Å². The minimum Gasteiger partial charge on any atom is -0.382 e. The molecular weight excluding hydrogens is 328 g/mol. The topological polar surface area (TPSA) is 91.7 Å². The van der Waals surface area contributed by atoms with Crippen molar-refractivity contribution in [2.75, 3.05) is 7.11 Å². The highest BCUT2D eigenvalue weighted by Gasteiger charge is 2.58. The third-order valence-electron chi connectivity index (χ3n) is 5.63. The van der Waals surface area contributed by atoms with Crippen LogP contribution in [-0.2, 0) is 21.5 Å². The summed E-state index contributed by atoms with van der Waals surface area (Å²) in [4.78, 5) is 19.8. The van der Waals surface area contributed by atoms with Crippen LogP contribution in [-0.4, -0.2) is 36.0 Å². The number of nitrogens with zero attached hydrogens (tertiary/aromatic N) is 3. The molecule has 2 N–H and O–H groups in total. The average Bonchev–Trinajstić information content (AvgIpc) is 3.07. The summed E-state index contributed by atoms with van der Waals surface area (Å²) in [5.41, 5.74) is 7.61. The van der Waals surface area contributed by atoms with Gasteiger partial charge in [0.15, 0.2) is 11.5 Å². The van der Waals surface area contributed by atoms with E-state index in [0.29, 0.717) is 5.56 Å². The third kappa shape index (κ3) is 2.67. The maximum atomic E-state index is 13.5. The zero-order chi connectivity index (χ0) is 19.1. The molecule has 0 bridgehead atoms. The standard InChI is InChI=1S/C20H26N4O2/c1-12(2)24-18(25)20(23-19(24)22)16(8-5-13(3)26-4)10-15-7-6-14(11-21)9-17(15)20/h6-7,9,12-13,16H,5,8,10H2,1-4H3,(H2,22,23). The highest BCUT2D eigenvalue weighted by atomic mass is 16.5. The number of amides is 1. The number of ether oxygens (including phenoxy) is 1. The number of nitrogens with two attached hydrogens (primary N) is 1. The molecule has 0 saturated carbocycles. The molecule has 3 unspecified atom stereocenters. The molecule has 0 radical (unpaired) electrons. The van der Waals surface area contributed by atoms with E-state index in [0.717, 1.165) is 30.4 Å². The van der Waals surface area contributed by atoms with E-state index in [1.807, 2.05) is 32.9 Å². The monoisotopic (exact) mass is 354 g/mol. The van der Waals surface area contributed by atoms with Crippen LogP contribution in [0.25, 0.3) is 0 Å². The molecule has 1 aromatic rings. The van der Waals surface area contributed by atoms with E-state index in [1.54, 1.807) is 18.1 Å². The Balaban J connectivity index is 2.09. The molecule has 6 nitrogen and oxygen atoms in total. The number of guanidine groups is 1. The molecule has 1 amide bonds. The first-order valence-corrected chi connectivity index (χ1v) is 9.10. The minimum absolute atomic E-state index is 0.0128. The molecule has 3 atom stereocenters. The van der Waals surface area contributed by atoms with Gasteiger partial charge in [-0.25, -0.2) is 4.99 Å². The van der Waals surface area contributed by atoms with E-state index >= 15 is 0 Å². The number of nitriles is 1. The van der Waals surface area contributed by atoms with E-state index < -0.39 is 5.54 Å². The van der Waals surface area contributed by atoms with Crippen LogP contribution < -0.4 is 5.73 Å². The van der Waals surface area contributed by atoms with Crippen molar-refractivity contribution in [1.29, 1.82) is 5.26 Å². The zero-order valence-electron chi connectivity index (χ0n) is 15.8. The molecule has 1 aromatic carbocycles. The lowest BCUT2D eigenvalue weighted by atomic mass is 9.80. The number of methoxy groups -OCH3 is 1. The van der Waals surface area contributed by atoms with Gasteiger partial charge in [0.2, 0.25) is 0 Å². The lowest BCUT2D eigenvalue weighted by Crippen LogP contribution is -2.48. The Morgan fingerprint density at radius 1 is 1.46 bits per heavy atom. The molecule has 1 aliphatic heterocycles. The highest BCUT2D eigenvalue weighted by molar-refractivity contribution is 6.08. The molecule has 26 heavy (non-hydrogen) atoms. The van der Waals surface area contributed by atoms with Gasteiger partial charge in [0.1, 0.15) is 0 Å². The van der Waals surface area contributed by atoms with Crippen molar-refractivity contribution in [1.82, 2.24) is 4.90 Å². The summed E-state index contributed by atoms with van der Waals surface area (Å²) >= 11 is 0. The highest BCUT2D eigenvalue weighted by Crippen LogP contribution is 2.50. The average molecular weight is 354 g/mol. The molecule has 1 heterocycles. The molecule has 1 spiro atoms. The van der Waals surface area contributed by atoms with Gasteiger partial charge in [-0.05, 0) is 63.3 Å². The molecule has 0 saturated heterocycles.